The van der Waals surface area contributed by atoms with Crippen molar-refractivity contribution in [1.29, 1.82) is 0 Å². The summed E-state index contributed by atoms with van der Waals surface area (Å²) in [5, 5.41) is 28.1. The molecule has 5 heteroatoms. The number of ether oxygens (including phenoxy) is 2. The molecule has 0 saturated carbocycles. The van der Waals surface area contributed by atoms with E-state index < -0.39 is 24.6 Å². The third kappa shape index (κ3) is 2.76. The molecule has 3 N–H and O–H groups in total. The molecule has 1 rings (SSSR count). The Bertz CT molecular complexity index is 206. The molecule has 0 amide bonds. The summed E-state index contributed by atoms with van der Waals surface area (Å²) >= 11 is 0. The molecule has 5 atom stereocenters. The van der Waals surface area contributed by atoms with Gasteiger partial charge in [-0.3, -0.25) is 0 Å². The highest BCUT2D eigenvalue weighted by molar-refractivity contribution is 4.87. The molecule has 0 aromatic carbocycles. The van der Waals surface area contributed by atoms with E-state index in [1.54, 1.807) is 13.0 Å². The van der Waals surface area contributed by atoms with Gasteiger partial charge in [-0.15, -0.1) is 6.58 Å². The van der Waals surface area contributed by atoms with E-state index in [9.17, 15) is 10.2 Å². The average Bonchev–Trinajstić information content (AvgIpc) is 2.25. The maximum Gasteiger partial charge on any atom is 0.163 e. The van der Waals surface area contributed by atoms with Crippen molar-refractivity contribution < 1.29 is 24.8 Å². The van der Waals surface area contributed by atoms with Crippen molar-refractivity contribution in [3.63, 3.8) is 0 Å². The number of hydrogen-bond donors (Lipinski definition) is 3. The van der Waals surface area contributed by atoms with E-state index in [1.807, 2.05) is 0 Å². The second-order valence-corrected chi connectivity index (χ2v) is 3.69. The smallest absolute Gasteiger partial charge is 0.163 e. The van der Waals surface area contributed by atoms with Gasteiger partial charge in [0.15, 0.2) is 6.29 Å². The zero-order valence-corrected chi connectivity index (χ0v) is 8.74. The molecule has 1 saturated heterocycles. The molecular formula is C10H18O5. The van der Waals surface area contributed by atoms with E-state index in [0.29, 0.717) is 6.61 Å². The minimum Gasteiger partial charge on any atom is -0.394 e. The molecule has 15 heavy (non-hydrogen) atoms. The molecule has 88 valence electrons. The Balaban J connectivity index is 2.60. The van der Waals surface area contributed by atoms with Gasteiger partial charge in [-0.2, -0.15) is 0 Å². The normalized spacial score (nSPS) is 41.5. The van der Waals surface area contributed by atoms with Crippen LogP contribution < -0.4 is 0 Å². The van der Waals surface area contributed by atoms with Gasteiger partial charge < -0.3 is 24.8 Å². The Morgan fingerprint density at radius 2 is 2.07 bits per heavy atom. The molecule has 1 heterocycles. The minimum atomic E-state index is -1.08. The summed E-state index contributed by atoms with van der Waals surface area (Å²) in [6.07, 6.45) is -1.88. The maximum atomic E-state index is 9.67. The van der Waals surface area contributed by atoms with Gasteiger partial charge in [-0.05, 0) is 0 Å². The second kappa shape index (κ2) is 5.58. The highest BCUT2D eigenvalue weighted by atomic mass is 16.7. The molecule has 0 aromatic heterocycles. The number of aliphatic hydroxyl groups is 3. The van der Waals surface area contributed by atoms with Crippen LogP contribution in [0.15, 0.2) is 12.7 Å². The topological polar surface area (TPSA) is 79.2 Å². The monoisotopic (exact) mass is 218 g/mol. The molecule has 0 aliphatic carbocycles. The van der Waals surface area contributed by atoms with Crippen LogP contribution in [0.3, 0.4) is 0 Å². The second-order valence-electron chi connectivity index (χ2n) is 3.69. The van der Waals surface area contributed by atoms with E-state index in [2.05, 4.69) is 6.58 Å². The SMILES string of the molecule is C=CCO[C@H]1OC(CO)[C@@H](O)[C@H](O)C1C. The quantitative estimate of drug-likeness (QED) is 0.542. The lowest BCUT2D eigenvalue weighted by molar-refractivity contribution is -0.279. The van der Waals surface area contributed by atoms with Crippen LogP contribution in [0.1, 0.15) is 6.92 Å². The molecule has 0 aromatic rings. The van der Waals surface area contributed by atoms with Crippen molar-refractivity contribution in [2.24, 2.45) is 5.92 Å². The highest BCUT2D eigenvalue weighted by Gasteiger charge is 2.42. The lowest BCUT2D eigenvalue weighted by Crippen LogP contribution is -2.55. The molecule has 2 unspecified atom stereocenters. The molecule has 1 fully saturated rings. The van der Waals surface area contributed by atoms with Crippen LogP contribution in [0.25, 0.3) is 0 Å². The van der Waals surface area contributed by atoms with Crippen molar-refractivity contribution in [1.82, 2.24) is 0 Å². The lowest BCUT2D eigenvalue weighted by Gasteiger charge is -2.40. The standard InChI is InChI=1S/C10H18O5/c1-3-4-14-10-6(2)8(12)9(13)7(5-11)15-10/h3,6-13H,1,4-5H2,2H3/t6?,7?,8-,9-,10+/m1/s1. The first-order valence-electron chi connectivity index (χ1n) is 4.96. The lowest BCUT2D eigenvalue weighted by atomic mass is 9.92. The average molecular weight is 218 g/mol. The zero-order chi connectivity index (χ0) is 11.4. The Labute approximate surface area is 88.9 Å². The van der Waals surface area contributed by atoms with Gasteiger partial charge in [0.25, 0.3) is 0 Å². The van der Waals surface area contributed by atoms with Crippen LogP contribution in [0, 0.1) is 5.92 Å². The van der Waals surface area contributed by atoms with Gasteiger partial charge in [0, 0.05) is 5.92 Å². The third-order valence-electron chi connectivity index (χ3n) is 2.57. The van der Waals surface area contributed by atoms with E-state index in [0.717, 1.165) is 0 Å². The van der Waals surface area contributed by atoms with Crippen LogP contribution in [0.4, 0.5) is 0 Å². The van der Waals surface area contributed by atoms with Gasteiger partial charge in [-0.25, -0.2) is 0 Å². The van der Waals surface area contributed by atoms with E-state index >= 15 is 0 Å². The van der Waals surface area contributed by atoms with Crippen molar-refractivity contribution in [3.05, 3.63) is 12.7 Å². The summed E-state index contributed by atoms with van der Waals surface area (Å²) in [5.41, 5.74) is 0. The first-order chi connectivity index (χ1) is 7.11. The number of aliphatic hydroxyl groups excluding tert-OH is 3. The fraction of sp³-hybridized carbons (Fsp3) is 0.800. The van der Waals surface area contributed by atoms with Crippen molar-refractivity contribution in [2.75, 3.05) is 13.2 Å². The third-order valence-corrected chi connectivity index (χ3v) is 2.57. The summed E-state index contributed by atoms with van der Waals surface area (Å²) in [5.74, 6) is -0.345. The predicted octanol–water partition coefficient (Wildman–Crippen LogP) is -0.736. The fourth-order valence-electron chi connectivity index (χ4n) is 1.57. The van der Waals surface area contributed by atoms with Gasteiger partial charge >= 0.3 is 0 Å². The fourth-order valence-corrected chi connectivity index (χ4v) is 1.57. The largest absolute Gasteiger partial charge is 0.394 e. The van der Waals surface area contributed by atoms with Gasteiger partial charge in [0.1, 0.15) is 12.2 Å². The van der Waals surface area contributed by atoms with E-state index in [4.69, 9.17) is 14.6 Å². The van der Waals surface area contributed by atoms with Gasteiger partial charge in [0.2, 0.25) is 0 Å². The summed E-state index contributed by atoms with van der Waals surface area (Å²) in [6, 6.07) is 0. The highest BCUT2D eigenvalue weighted by Crippen LogP contribution is 2.26. The van der Waals surface area contributed by atoms with Gasteiger partial charge in [0.05, 0.1) is 19.3 Å². The molecule has 5 nitrogen and oxygen atoms in total. The molecule has 0 spiro atoms. The summed E-state index contributed by atoms with van der Waals surface area (Å²) < 4.78 is 10.6. The van der Waals surface area contributed by atoms with Crippen molar-refractivity contribution >= 4 is 0 Å². The minimum absolute atomic E-state index is 0.302. The Morgan fingerprint density at radius 3 is 2.60 bits per heavy atom. The van der Waals surface area contributed by atoms with E-state index in [-0.39, 0.29) is 12.5 Å². The molecule has 1 aliphatic rings. The van der Waals surface area contributed by atoms with Crippen molar-refractivity contribution in [3.8, 4) is 0 Å². The Kier molecular flexibility index (Phi) is 4.69. The first-order valence-corrected chi connectivity index (χ1v) is 4.96. The number of rotatable bonds is 4. The maximum absolute atomic E-state index is 9.67. The van der Waals surface area contributed by atoms with Crippen molar-refractivity contribution in [2.45, 2.75) is 31.5 Å². The Hall–Kier alpha value is -0.460. The van der Waals surface area contributed by atoms with Crippen LogP contribution in [0.5, 0.6) is 0 Å². The summed E-state index contributed by atoms with van der Waals surface area (Å²) in [6.45, 7) is 5.17. The Morgan fingerprint density at radius 1 is 1.40 bits per heavy atom. The van der Waals surface area contributed by atoms with E-state index in [1.165, 1.54) is 0 Å². The molecule has 0 bridgehead atoms. The predicted molar refractivity (Wildman–Crippen MR) is 53.1 cm³/mol. The summed E-state index contributed by atoms with van der Waals surface area (Å²) in [7, 11) is 0. The molecule has 1 aliphatic heterocycles. The molecule has 0 radical (unpaired) electrons. The first kappa shape index (κ1) is 12.6. The van der Waals surface area contributed by atoms with Crippen LogP contribution in [-0.4, -0.2) is 53.1 Å². The molecular weight excluding hydrogens is 200 g/mol. The zero-order valence-electron chi connectivity index (χ0n) is 8.74. The van der Waals surface area contributed by atoms with Crippen LogP contribution in [0.2, 0.25) is 0 Å². The van der Waals surface area contributed by atoms with Gasteiger partial charge in [-0.1, -0.05) is 13.0 Å². The van der Waals surface area contributed by atoms with Crippen LogP contribution >= 0.6 is 0 Å². The number of hydrogen-bond acceptors (Lipinski definition) is 5. The summed E-state index contributed by atoms with van der Waals surface area (Å²) in [4.78, 5) is 0. The van der Waals surface area contributed by atoms with Crippen LogP contribution in [-0.2, 0) is 9.47 Å².